The van der Waals surface area contributed by atoms with Crippen LogP contribution in [-0.4, -0.2) is 11.1 Å². The summed E-state index contributed by atoms with van der Waals surface area (Å²) in [5.74, 6) is -0.546. The van der Waals surface area contributed by atoms with Crippen molar-refractivity contribution in [1.29, 1.82) is 0 Å². The van der Waals surface area contributed by atoms with Gasteiger partial charge in [-0.25, -0.2) is 4.39 Å². The number of thiocarbonyl (C=S) groups is 1. The van der Waals surface area contributed by atoms with E-state index in [2.05, 4.69) is 0 Å². The largest absolute Gasteiger partial charge is 0.480 e. The molecule has 0 saturated heterocycles. The van der Waals surface area contributed by atoms with Gasteiger partial charge in [-0.1, -0.05) is 29.9 Å². The van der Waals surface area contributed by atoms with Crippen molar-refractivity contribution in [2.24, 2.45) is 5.73 Å². The molecule has 2 nitrogen and oxygen atoms in total. The second-order valence-corrected chi connectivity index (χ2v) is 3.59. The Morgan fingerprint density at radius 1 is 1.64 bits per heavy atom. The topological polar surface area (TPSA) is 35.2 Å². The average molecular weight is 234 g/mol. The zero-order valence-electron chi connectivity index (χ0n) is 7.46. The van der Waals surface area contributed by atoms with Crippen LogP contribution in [-0.2, 0) is 0 Å². The van der Waals surface area contributed by atoms with Gasteiger partial charge in [-0.15, -0.1) is 0 Å². The summed E-state index contributed by atoms with van der Waals surface area (Å²) >= 11 is 10.2. The molecule has 2 N–H and O–H groups in total. The average Bonchev–Trinajstić information content (AvgIpc) is 2.12. The van der Waals surface area contributed by atoms with Gasteiger partial charge in [0.15, 0.2) is 11.6 Å². The SMILES string of the molecule is CC(Oc1cccc(Cl)c1F)C(N)=S. The minimum absolute atomic E-state index is 0.0117. The number of nitrogens with two attached hydrogens (primary N) is 1. The van der Waals surface area contributed by atoms with Gasteiger partial charge in [-0.05, 0) is 19.1 Å². The van der Waals surface area contributed by atoms with Crippen molar-refractivity contribution in [3.8, 4) is 5.75 Å². The standard InChI is InChI=1S/C9H9ClFNOS/c1-5(9(12)14)13-7-4-2-3-6(10)8(7)11/h2-5H,1H3,(H2,12,14). The van der Waals surface area contributed by atoms with Crippen molar-refractivity contribution >= 4 is 28.8 Å². The van der Waals surface area contributed by atoms with E-state index in [0.29, 0.717) is 0 Å². The van der Waals surface area contributed by atoms with E-state index in [1.54, 1.807) is 13.0 Å². The van der Waals surface area contributed by atoms with Gasteiger partial charge in [-0.2, -0.15) is 0 Å². The third-order valence-electron chi connectivity index (χ3n) is 1.62. The van der Waals surface area contributed by atoms with Crippen molar-refractivity contribution in [3.05, 3.63) is 29.0 Å². The lowest BCUT2D eigenvalue weighted by atomic mass is 10.3. The Hall–Kier alpha value is -0.870. The smallest absolute Gasteiger partial charge is 0.183 e. The fourth-order valence-corrected chi connectivity index (χ4v) is 1.04. The van der Waals surface area contributed by atoms with E-state index in [-0.39, 0.29) is 15.8 Å². The maximum Gasteiger partial charge on any atom is 0.183 e. The maximum atomic E-state index is 13.3. The van der Waals surface area contributed by atoms with Crippen LogP contribution in [0.25, 0.3) is 0 Å². The van der Waals surface area contributed by atoms with Crippen LogP contribution in [0.2, 0.25) is 5.02 Å². The molecule has 76 valence electrons. The van der Waals surface area contributed by atoms with E-state index in [0.717, 1.165) is 0 Å². The highest BCUT2D eigenvalue weighted by Crippen LogP contribution is 2.24. The third kappa shape index (κ3) is 2.56. The summed E-state index contributed by atoms with van der Waals surface area (Å²) in [6, 6.07) is 4.50. The summed E-state index contributed by atoms with van der Waals surface area (Å²) in [4.78, 5) is 0.171. The summed E-state index contributed by atoms with van der Waals surface area (Å²) < 4.78 is 18.4. The zero-order valence-corrected chi connectivity index (χ0v) is 9.03. The molecular weight excluding hydrogens is 225 g/mol. The minimum Gasteiger partial charge on any atom is -0.480 e. The van der Waals surface area contributed by atoms with Crippen molar-refractivity contribution in [3.63, 3.8) is 0 Å². The van der Waals surface area contributed by atoms with Crippen LogP contribution < -0.4 is 10.5 Å². The summed E-state index contributed by atoms with van der Waals surface area (Å²) in [5, 5.41) is 0.0117. The molecule has 0 amide bonds. The van der Waals surface area contributed by atoms with Crippen LogP contribution in [0.1, 0.15) is 6.92 Å². The van der Waals surface area contributed by atoms with E-state index in [4.69, 9.17) is 34.3 Å². The number of benzene rings is 1. The number of hydrogen-bond acceptors (Lipinski definition) is 2. The highest BCUT2D eigenvalue weighted by molar-refractivity contribution is 7.80. The third-order valence-corrected chi connectivity index (χ3v) is 2.24. The quantitative estimate of drug-likeness (QED) is 0.815. The first-order valence-electron chi connectivity index (χ1n) is 3.92. The highest BCUT2D eigenvalue weighted by atomic mass is 35.5. The first kappa shape index (κ1) is 11.2. The fourth-order valence-electron chi connectivity index (χ4n) is 0.824. The molecule has 0 aliphatic rings. The molecule has 1 aromatic carbocycles. The fraction of sp³-hybridized carbons (Fsp3) is 0.222. The Balaban J connectivity index is 2.87. The second-order valence-electron chi connectivity index (χ2n) is 2.71. The molecule has 0 fully saturated rings. The van der Waals surface area contributed by atoms with Gasteiger partial charge < -0.3 is 10.5 Å². The van der Waals surface area contributed by atoms with Crippen molar-refractivity contribution in [2.75, 3.05) is 0 Å². The molecule has 1 unspecified atom stereocenters. The molecule has 1 atom stereocenters. The lowest BCUT2D eigenvalue weighted by Crippen LogP contribution is -2.29. The first-order chi connectivity index (χ1) is 6.52. The van der Waals surface area contributed by atoms with Gasteiger partial charge in [0.2, 0.25) is 0 Å². The molecule has 0 radical (unpaired) electrons. The van der Waals surface area contributed by atoms with Crippen molar-refractivity contribution in [2.45, 2.75) is 13.0 Å². The van der Waals surface area contributed by atoms with Gasteiger partial charge in [0.25, 0.3) is 0 Å². The van der Waals surface area contributed by atoms with E-state index >= 15 is 0 Å². The summed E-state index contributed by atoms with van der Waals surface area (Å²) in [7, 11) is 0. The molecule has 1 aromatic rings. The van der Waals surface area contributed by atoms with Crippen LogP contribution >= 0.6 is 23.8 Å². The zero-order chi connectivity index (χ0) is 10.7. The van der Waals surface area contributed by atoms with Gasteiger partial charge in [0, 0.05) is 0 Å². The molecule has 14 heavy (non-hydrogen) atoms. The van der Waals surface area contributed by atoms with Crippen LogP contribution in [0.4, 0.5) is 4.39 Å². The second kappa shape index (κ2) is 4.57. The van der Waals surface area contributed by atoms with E-state index in [1.807, 2.05) is 0 Å². The lowest BCUT2D eigenvalue weighted by Gasteiger charge is -2.13. The Bertz CT molecular complexity index is 359. The normalized spacial score (nSPS) is 12.2. The van der Waals surface area contributed by atoms with Crippen molar-refractivity contribution < 1.29 is 9.13 Å². The Morgan fingerprint density at radius 2 is 2.29 bits per heavy atom. The minimum atomic E-state index is -0.600. The summed E-state index contributed by atoms with van der Waals surface area (Å²) in [6.45, 7) is 1.64. The Morgan fingerprint density at radius 3 is 2.86 bits per heavy atom. The van der Waals surface area contributed by atoms with Crippen LogP contribution in [0, 0.1) is 5.82 Å². The van der Waals surface area contributed by atoms with E-state index in [9.17, 15) is 4.39 Å². The molecule has 0 heterocycles. The van der Waals surface area contributed by atoms with Crippen LogP contribution in [0.5, 0.6) is 5.75 Å². The molecule has 0 aliphatic heterocycles. The summed E-state index contributed by atoms with van der Waals surface area (Å²) in [6.07, 6.45) is -0.516. The number of ether oxygens (including phenoxy) is 1. The number of rotatable bonds is 3. The molecular formula is C9H9ClFNOS. The molecule has 0 aromatic heterocycles. The number of halogens is 2. The highest BCUT2D eigenvalue weighted by Gasteiger charge is 2.12. The molecule has 0 aliphatic carbocycles. The lowest BCUT2D eigenvalue weighted by molar-refractivity contribution is 0.274. The van der Waals surface area contributed by atoms with Gasteiger partial charge in [0.1, 0.15) is 11.1 Å². The maximum absolute atomic E-state index is 13.3. The van der Waals surface area contributed by atoms with Gasteiger partial charge in [0.05, 0.1) is 5.02 Å². The molecule has 0 bridgehead atoms. The van der Waals surface area contributed by atoms with Crippen LogP contribution in [0.3, 0.4) is 0 Å². The van der Waals surface area contributed by atoms with E-state index in [1.165, 1.54) is 12.1 Å². The van der Waals surface area contributed by atoms with Gasteiger partial charge >= 0.3 is 0 Å². The molecule has 1 rings (SSSR count). The van der Waals surface area contributed by atoms with Crippen LogP contribution in [0.15, 0.2) is 18.2 Å². The monoisotopic (exact) mass is 233 g/mol. The van der Waals surface area contributed by atoms with Gasteiger partial charge in [-0.3, -0.25) is 0 Å². The molecule has 0 spiro atoms. The predicted octanol–water partition coefficient (Wildman–Crippen LogP) is 2.53. The Kier molecular flexibility index (Phi) is 3.66. The summed E-state index contributed by atoms with van der Waals surface area (Å²) in [5.41, 5.74) is 5.32. The number of hydrogen-bond donors (Lipinski definition) is 1. The van der Waals surface area contributed by atoms with E-state index < -0.39 is 11.9 Å². The van der Waals surface area contributed by atoms with Crippen molar-refractivity contribution in [1.82, 2.24) is 0 Å². The first-order valence-corrected chi connectivity index (χ1v) is 4.71. The Labute approximate surface area is 91.8 Å². The predicted molar refractivity (Wildman–Crippen MR) is 58.3 cm³/mol. The molecule has 0 saturated carbocycles. The molecule has 5 heteroatoms.